The van der Waals surface area contributed by atoms with Crippen LogP contribution in [0.25, 0.3) is 0 Å². The summed E-state index contributed by atoms with van der Waals surface area (Å²) >= 11 is 0. The number of aromatic nitrogens is 1. The van der Waals surface area contributed by atoms with Gasteiger partial charge in [-0.05, 0) is 65.1 Å². The molecule has 3 heterocycles. The predicted molar refractivity (Wildman–Crippen MR) is 149 cm³/mol. The fraction of sp³-hybridized carbons (Fsp3) is 0.821. The standard InChI is InChI=1S/C28H48N2O13/c1-16-23(35)27(39)24(36)17(41-16)7-5-13-29(14-6-8-18-25(37)28(40)26(38)19(15-31)42-18)12-4-2-3-9-22(34)43-30-20(32)10-11-21(30)33/h10-11,16-19,23-28,31-33,35-40H,2-9,12-15H2,1H3/t16-,17-,18+,19+,23+,24+,25-,26+,27+,28+/m0/s1. The van der Waals surface area contributed by atoms with Crippen molar-refractivity contribution in [3.8, 4) is 11.8 Å². The summed E-state index contributed by atoms with van der Waals surface area (Å²) < 4.78 is 12.0. The van der Waals surface area contributed by atoms with Gasteiger partial charge in [-0.25, -0.2) is 4.79 Å². The second kappa shape index (κ2) is 16.9. The minimum absolute atomic E-state index is 0.0808. The highest BCUT2D eigenvalue weighted by Gasteiger charge is 2.43. The van der Waals surface area contributed by atoms with Gasteiger partial charge in [-0.1, -0.05) is 6.42 Å². The van der Waals surface area contributed by atoms with Gasteiger partial charge in [0.1, 0.15) is 42.7 Å². The fourth-order valence-electron chi connectivity index (χ4n) is 5.58. The van der Waals surface area contributed by atoms with E-state index >= 15 is 0 Å². The summed E-state index contributed by atoms with van der Waals surface area (Å²) in [5.41, 5.74) is 0. The zero-order valence-electron chi connectivity index (χ0n) is 24.5. The Labute approximate surface area is 250 Å². The summed E-state index contributed by atoms with van der Waals surface area (Å²) in [7, 11) is 0. The molecular weight excluding hydrogens is 572 g/mol. The van der Waals surface area contributed by atoms with Gasteiger partial charge in [-0.2, -0.15) is 0 Å². The molecule has 0 saturated carbocycles. The van der Waals surface area contributed by atoms with E-state index in [1.165, 1.54) is 12.1 Å². The molecule has 0 aliphatic carbocycles. The van der Waals surface area contributed by atoms with Crippen molar-refractivity contribution in [3.63, 3.8) is 0 Å². The molecule has 1 aromatic heterocycles. The molecule has 1 aromatic rings. The summed E-state index contributed by atoms with van der Waals surface area (Å²) in [5.74, 6) is -1.39. The molecule has 0 spiro atoms. The van der Waals surface area contributed by atoms with Crippen LogP contribution in [0.2, 0.25) is 0 Å². The van der Waals surface area contributed by atoms with Crippen molar-refractivity contribution < 1.29 is 65.1 Å². The first kappa shape index (κ1) is 35.4. The zero-order chi connectivity index (χ0) is 31.7. The van der Waals surface area contributed by atoms with Crippen molar-refractivity contribution in [3.05, 3.63) is 12.1 Å². The average molecular weight is 621 g/mol. The van der Waals surface area contributed by atoms with E-state index in [1.54, 1.807) is 6.92 Å². The number of nitrogens with zero attached hydrogens (tertiary/aromatic N) is 2. The molecule has 2 aliphatic heterocycles. The number of unbranched alkanes of at least 4 members (excludes halogenated alkanes) is 2. The van der Waals surface area contributed by atoms with Crippen LogP contribution in [0, 0.1) is 0 Å². The molecule has 2 fully saturated rings. The molecule has 0 unspecified atom stereocenters. The molecule has 248 valence electrons. The van der Waals surface area contributed by atoms with Crippen LogP contribution in [0.15, 0.2) is 12.1 Å². The predicted octanol–water partition coefficient (Wildman–Crippen LogP) is -2.01. The number of aliphatic hydroxyl groups excluding tert-OH is 7. The second-order valence-corrected chi connectivity index (χ2v) is 11.5. The number of carbonyl (C=O) groups is 1. The van der Waals surface area contributed by atoms with Crippen molar-refractivity contribution in [1.82, 2.24) is 9.63 Å². The first-order chi connectivity index (χ1) is 20.4. The molecule has 0 amide bonds. The van der Waals surface area contributed by atoms with Gasteiger partial charge in [0.15, 0.2) is 0 Å². The van der Waals surface area contributed by atoms with Crippen molar-refractivity contribution in [2.45, 2.75) is 119 Å². The van der Waals surface area contributed by atoms with Gasteiger partial charge in [-0.15, -0.1) is 4.73 Å². The summed E-state index contributed by atoms with van der Waals surface area (Å²) in [4.78, 5) is 19.2. The van der Waals surface area contributed by atoms with Gasteiger partial charge < -0.3 is 65.2 Å². The molecule has 0 aromatic carbocycles. The number of carbonyl (C=O) groups excluding carboxylic acids is 1. The van der Waals surface area contributed by atoms with Gasteiger partial charge in [0.2, 0.25) is 11.8 Å². The van der Waals surface area contributed by atoms with Crippen LogP contribution in [0.5, 0.6) is 11.8 Å². The number of aliphatic hydroxyl groups is 7. The van der Waals surface area contributed by atoms with E-state index in [2.05, 4.69) is 4.90 Å². The Morgan fingerprint density at radius 1 is 0.744 bits per heavy atom. The number of aromatic hydroxyl groups is 2. The maximum atomic E-state index is 12.1. The van der Waals surface area contributed by atoms with Crippen LogP contribution in [-0.2, 0) is 14.3 Å². The van der Waals surface area contributed by atoms with E-state index < -0.39 is 85.4 Å². The first-order valence-corrected chi connectivity index (χ1v) is 15.0. The Morgan fingerprint density at radius 2 is 1.26 bits per heavy atom. The van der Waals surface area contributed by atoms with E-state index in [0.29, 0.717) is 62.9 Å². The van der Waals surface area contributed by atoms with E-state index in [-0.39, 0.29) is 6.42 Å². The topological polar surface area (TPSA) is 235 Å². The molecule has 15 nitrogen and oxygen atoms in total. The van der Waals surface area contributed by atoms with Gasteiger partial charge in [0.05, 0.1) is 24.9 Å². The summed E-state index contributed by atoms with van der Waals surface area (Å²) in [5, 5.41) is 89.4. The number of ether oxygens (including phenoxy) is 2. The molecule has 15 heteroatoms. The highest BCUT2D eigenvalue weighted by Crippen LogP contribution is 2.26. The van der Waals surface area contributed by atoms with E-state index in [1.807, 2.05) is 0 Å². The van der Waals surface area contributed by atoms with Gasteiger partial charge in [0, 0.05) is 18.6 Å². The molecule has 2 saturated heterocycles. The van der Waals surface area contributed by atoms with Crippen LogP contribution in [0.4, 0.5) is 0 Å². The van der Waals surface area contributed by atoms with E-state index in [4.69, 9.17) is 14.3 Å². The third kappa shape index (κ3) is 9.72. The second-order valence-electron chi connectivity index (χ2n) is 11.5. The Hall–Kier alpha value is -2.05. The smallest absolute Gasteiger partial charge is 0.333 e. The molecule has 9 N–H and O–H groups in total. The van der Waals surface area contributed by atoms with Crippen LogP contribution < -0.4 is 4.84 Å². The Balaban J connectivity index is 1.47. The number of rotatable bonds is 16. The molecular formula is C28H48N2O13. The molecule has 0 bridgehead atoms. The van der Waals surface area contributed by atoms with Crippen LogP contribution in [-0.4, -0.2) is 149 Å². The van der Waals surface area contributed by atoms with E-state index in [9.17, 15) is 50.8 Å². The van der Waals surface area contributed by atoms with Gasteiger partial charge >= 0.3 is 5.97 Å². The van der Waals surface area contributed by atoms with Crippen LogP contribution in [0.1, 0.15) is 58.3 Å². The average Bonchev–Trinajstić information content (AvgIpc) is 3.30. The summed E-state index contributed by atoms with van der Waals surface area (Å²) in [6, 6.07) is 2.39. The number of hydrogen-bond acceptors (Lipinski definition) is 14. The van der Waals surface area contributed by atoms with Crippen LogP contribution >= 0.6 is 0 Å². The van der Waals surface area contributed by atoms with Crippen molar-refractivity contribution in [1.29, 1.82) is 0 Å². The lowest BCUT2D eigenvalue weighted by Gasteiger charge is -2.40. The minimum Gasteiger partial charge on any atom is -0.492 e. The lowest BCUT2D eigenvalue weighted by atomic mass is 9.92. The third-order valence-electron chi connectivity index (χ3n) is 8.21. The molecule has 0 radical (unpaired) electrons. The summed E-state index contributed by atoms with van der Waals surface area (Å²) in [6.45, 7) is 3.01. The van der Waals surface area contributed by atoms with Crippen molar-refractivity contribution in [2.24, 2.45) is 0 Å². The normalized spacial score (nSPS) is 33.1. The molecule has 10 atom stereocenters. The largest absolute Gasteiger partial charge is 0.492 e. The Bertz CT molecular complexity index is 959. The van der Waals surface area contributed by atoms with E-state index in [0.717, 1.165) is 6.42 Å². The molecule has 43 heavy (non-hydrogen) atoms. The van der Waals surface area contributed by atoms with Gasteiger partial charge in [-0.3, -0.25) is 0 Å². The van der Waals surface area contributed by atoms with Crippen molar-refractivity contribution in [2.75, 3.05) is 26.2 Å². The fourth-order valence-corrected chi connectivity index (χ4v) is 5.58. The highest BCUT2D eigenvalue weighted by atomic mass is 16.7. The van der Waals surface area contributed by atoms with Gasteiger partial charge in [0.25, 0.3) is 0 Å². The Kier molecular flexibility index (Phi) is 13.9. The molecule has 2 aliphatic rings. The van der Waals surface area contributed by atoms with Crippen LogP contribution in [0.3, 0.4) is 0 Å². The van der Waals surface area contributed by atoms with Crippen molar-refractivity contribution >= 4 is 5.97 Å². The lowest BCUT2D eigenvalue weighted by molar-refractivity contribution is -0.230. The third-order valence-corrected chi connectivity index (χ3v) is 8.21. The number of hydrogen-bond donors (Lipinski definition) is 9. The lowest BCUT2D eigenvalue weighted by Crippen LogP contribution is -2.58. The maximum Gasteiger partial charge on any atom is 0.333 e. The maximum absolute atomic E-state index is 12.1. The molecule has 3 rings (SSSR count). The Morgan fingerprint density at radius 3 is 1.84 bits per heavy atom. The minimum atomic E-state index is -1.43. The quantitative estimate of drug-likeness (QED) is 0.0909. The zero-order valence-corrected chi connectivity index (χ0v) is 24.5. The summed E-state index contributed by atoms with van der Waals surface area (Å²) in [6.07, 6.45) is -6.74. The first-order valence-electron chi connectivity index (χ1n) is 15.0. The highest BCUT2D eigenvalue weighted by molar-refractivity contribution is 5.69. The monoisotopic (exact) mass is 620 g/mol. The SMILES string of the molecule is C[C@@H]1O[C@@H](CCCN(CCCCCC(=O)On2c(O)ccc2O)CCC[C@H]2O[C@H](CO)[C@@H](O)[C@H](O)[C@H]2O)[C@@H](O)[C@H](O)[C@@H]1O.